The van der Waals surface area contributed by atoms with Crippen LogP contribution in [0.3, 0.4) is 0 Å². The fourth-order valence-electron chi connectivity index (χ4n) is 4.26. The third-order valence-electron chi connectivity index (χ3n) is 6.08. The molecule has 0 aliphatic heterocycles. The average Bonchev–Trinajstić information content (AvgIpc) is 2.87. The molecule has 0 saturated heterocycles. The highest BCUT2D eigenvalue weighted by Crippen LogP contribution is 2.37. The summed E-state index contributed by atoms with van der Waals surface area (Å²) in [4.78, 5) is 5.23. The van der Waals surface area contributed by atoms with E-state index in [9.17, 15) is 4.39 Å². The highest BCUT2D eigenvalue weighted by molar-refractivity contribution is 6.30. The summed E-state index contributed by atoms with van der Waals surface area (Å²) in [6.45, 7) is 2.09. The van der Waals surface area contributed by atoms with Crippen molar-refractivity contribution in [2.45, 2.75) is 13.3 Å². The molecule has 0 fully saturated rings. The molecule has 5 rings (SSSR count). The molecule has 0 N–H and O–H groups in total. The summed E-state index contributed by atoms with van der Waals surface area (Å²) in [5.41, 5.74) is 8.97. The van der Waals surface area contributed by atoms with Crippen LogP contribution in [0.15, 0.2) is 103 Å². The molecule has 0 aliphatic carbocycles. The lowest BCUT2D eigenvalue weighted by atomic mass is 9.91. The summed E-state index contributed by atoms with van der Waals surface area (Å²) in [5, 5.41) is 1.38. The van der Waals surface area contributed by atoms with E-state index in [4.69, 9.17) is 28.2 Å². The Morgan fingerprint density at radius 1 is 0.657 bits per heavy atom. The van der Waals surface area contributed by atoms with E-state index >= 15 is 0 Å². The number of nitrogens with zero attached hydrogens (tertiary/aromatic N) is 1. The van der Waals surface area contributed by atoms with Crippen LogP contribution < -0.4 is 0 Å². The molecule has 0 atom stereocenters. The number of aromatic nitrogens is 1. The first-order valence-electron chi connectivity index (χ1n) is 11.3. The van der Waals surface area contributed by atoms with Crippen LogP contribution in [0.4, 0.5) is 4.39 Å². The topological polar surface area (TPSA) is 12.9 Å². The van der Waals surface area contributed by atoms with E-state index in [0.29, 0.717) is 16.5 Å². The second kappa shape index (κ2) is 10.0. The Kier molecular flexibility index (Phi) is 6.68. The van der Waals surface area contributed by atoms with Gasteiger partial charge in [0.2, 0.25) is 0 Å². The van der Waals surface area contributed by atoms with Crippen molar-refractivity contribution in [3.05, 3.63) is 136 Å². The van der Waals surface area contributed by atoms with Crippen molar-refractivity contribution in [3.8, 4) is 33.6 Å². The fraction of sp³-hybridized carbons (Fsp3) is 0.0645. The molecular formula is C31H22Cl2FN. The summed E-state index contributed by atoms with van der Waals surface area (Å²) in [7, 11) is 0. The normalized spacial score (nSPS) is 11.0. The van der Waals surface area contributed by atoms with Gasteiger partial charge in [-0.15, -0.1) is 0 Å². The molecule has 1 heterocycles. The van der Waals surface area contributed by atoms with E-state index in [1.165, 1.54) is 12.1 Å². The van der Waals surface area contributed by atoms with E-state index in [-0.39, 0.29) is 5.82 Å². The van der Waals surface area contributed by atoms with Crippen molar-refractivity contribution in [2.75, 3.05) is 0 Å². The first kappa shape index (κ1) is 23.3. The van der Waals surface area contributed by atoms with Crippen LogP contribution in [0, 0.1) is 12.7 Å². The Bertz CT molecular complexity index is 1470. The molecule has 5 aromatic rings. The van der Waals surface area contributed by atoms with Crippen LogP contribution in [0.2, 0.25) is 10.0 Å². The van der Waals surface area contributed by atoms with Gasteiger partial charge in [0, 0.05) is 26.7 Å². The monoisotopic (exact) mass is 497 g/mol. The molecule has 35 heavy (non-hydrogen) atoms. The van der Waals surface area contributed by atoms with Crippen molar-refractivity contribution >= 4 is 23.2 Å². The number of halogens is 3. The Morgan fingerprint density at radius 2 is 1.26 bits per heavy atom. The Hall–Kier alpha value is -3.46. The number of pyridine rings is 1. The summed E-state index contributed by atoms with van der Waals surface area (Å²) in [6.07, 6.45) is 0.693. The first-order chi connectivity index (χ1) is 17.0. The number of hydrogen-bond donors (Lipinski definition) is 0. The van der Waals surface area contributed by atoms with Crippen molar-refractivity contribution in [2.24, 2.45) is 0 Å². The molecule has 1 aromatic heterocycles. The zero-order chi connectivity index (χ0) is 24.4. The van der Waals surface area contributed by atoms with E-state index < -0.39 is 0 Å². The van der Waals surface area contributed by atoms with Crippen LogP contribution in [0.25, 0.3) is 33.6 Å². The third kappa shape index (κ3) is 5.14. The van der Waals surface area contributed by atoms with Crippen LogP contribution in [0.5, 0.6) is 0 Å². The highest BCUT2D eigenvalue weighted by Gasteiger charge is 2.18. The summed E-state index contributed by atoms with van der Waals surface area (Å²) >= 11 is 12.3. The fourth-order valence-corrected chi connectivity index (χ4v) is 4.51. The molecule has 1 nitrogen and oxygen atoms in total. The van der Waals surface area contributed by atoms with Gasteiger partial charge in [0.15, 0.2) is 0 Å². The lowest BCUT2D eigenvalue weighted by Crippen LogP contribution is -2.01. The van der Waals surface area contributed by atoms with Crippen LogP contribution in [0.1, 0.15) is 16.7 Å². The molecule has 0 spiro atoms. The maximum absolute atomic E-state index is 13.8. The zero-order valence-corrected chi connectivity index (χ0v) is 20.6. The lowest BCUT2D eigenvalue weighted by Gasteiger charge is -2.18. The molecule has 0 amide bonds. The van der Waals surface area contributed by atoms with Crippen molar-refractivity contribution < 1.29 is 4.39 Å². The smallest absolute Gasteiger partial charge is 0.123 e. The molecule has 4 aromatic carbocycles. The third-order valence-corrected chi connectivity index (χ3v) is 6.59. The largest absolute Gasteiger partial charge is 0.247 e. The van der Waals surface area contributed by atoms with Crippen molar-refractivity contribution in [3.63, 3.8) is 0 Å². The maximum Gasteiger partial charge on any atom is 0.123 e. The van der Waals surface area contributed by atoms with Gasteiger partial charge in [-0.3, -0.25) is 0 Å². The van der Waals surface area contributed by atoms with Gasteiger partial charge in [0.05, 0.1) is 11.4 Å². The van der Waals surface area contributed by atoms with Crippen LogP contribution in [-0.4, -0.2) is 4.98 Å². The summed E-state index contributed by atoms with van der Waals surface area (Å²) in [5.74, 6) is -0.278. The average molecular weight is 498 g/mol. The predicted octanol–water partition coefficient (Wildman–Crippen LogP) is 9.43. The summed E-state index contributed by atoms with van der Waals surface area (Å²) in [6, 6.07) is 32.6. The standard InChI is InChI=1S/C31H22Cl2FN/c1-20-4-2-3-5-28(20)31-24(18-21-6-12-25(32)13-7-21)19-29(22-8-14-26(33)15-9-22)30(35-31)23-10-16-27(34)17-11-23/h2-17,19H,18H2,1H3. The highest BCUT2D eigenvalue weighted by atomic mass is 35.5. The summed E-state index contributed by atoms with van der Waals surface area (Å²) < 4.78 is 13.8. The number of aryl methyl sites for hydroxylation is 1. The van der Waals surface area contributed by atoms with E-state index in [2.05, 4.69) is 25.1 Å². The lowest BCUT2D eigenvalue weighted by molar-refractivity contribution is 0.628. The van der Waals surface area contributed by atoms with Gasteiger partial charge < -0.3 is 0 Å². The SMILES string of the molecule is Cc1ccccc1-c1nc(-c2ccc(F)cc2)c(-c2ccc(Cl)cc2)cc1Cc1ccc(Cl)cc1. The number of hydrogen-bond acceptors (Lipinski definition) is 1. The quantitative estimate of drug-likeness (QED) is 0.235. The molecule has 4 heteroatoms. The van der Waals surface area contributed by atoms with Gasteiger partial charge >= 0.3 is 0 Å². The van der Waals surface area contributed by atoms with E-state index in [1.54, 1.807) is 12.1 Å². The molecule has 0 bridgehead atoms. The van der Waals surface area contributed by atoms with Gasteiger partial charge in [-0.1, -0.05) is 71.7 Å². The zero-order valence-electron chi connectivity index (χ0n) is 19.1. The molecule has 0 aliphatic rings. The van der Waals surface area contributed by atoms with Gasteiger partial charge in [-0.05, 0) is 90.2 Å². The van der Waals surface area contributed by atoms with Crippen molar-refractivity contribution in [1.29, 1.82) is 0 Å². The van der Waals surface area contributed by atoms with Crippen LogP contribution in [-0.2, 0) is 6.42 Å². The second-order valence-corrected chi connectivity index (χ2v) is 9.40. The van der Waals surface area contributed by atoms with E-state index in [1.807, 2.05) is 60.7 Å². The second-order valence-electron chi connectivity index (χ2n) is 8.52. The molecule has 0 radical (unpaired) electrons. The Balaban J connectivity index is 1.78. The van der Waals surface area contributed by atoms with Gasteiger partial charge in [0.25, 0.3) is 0 Å². The van der Waals surface area contributed by atoms with E-state index in [0.717, 1.165) is 50.3 Å². The number of rotatable bonds is 5. The molecule has 0 saturated carbocycles. The van der Waals surface area contributed by atoms with Gasteiger partial charge in [0.1, 0.15) is 5.82 Å². The maximum atomic E-state index is 13.8. The minimum atomic E-state index is -0.278. The van der Waals surface area contributed by atoms with Crippen LogP contribution >= 0.6 is 23.2 Å². The molecule has 0 unspecified atom stereocenters. The Morgan fingerprint density at radius 3 is 1.91 bits per heavy atom. The molecular weight excluding hydrogens is 476 g/mol. The predicted molar refractivity (Wildman–Crippen MR) is 145 cm³/mol. The van der Waals surface area contributed by atoms with Gasteiger partial charge in [-0.2, -0.15) is 0 Å². The van der Waals surface area contributed by atoms with Gasteiger partial charge in [-0.25, -0.2) is 9.37 Å². The minimum absolute atomic E-state index is 0.278. The number of benzene rings is 4. The Labute approximate surface area is 214 Å². The first-order valence-corrected chi connectivity index (χ1v) is 12.1. The minimum Gasteiger partial charge on any atom is -0.247 e. The van der Waals surface area contributed by atoms with Crippen molar-refractivity contribution in [1.82, 2.24) is 4.98 Å². The molecule has 172 valence electrons.